The molecule has 3 aromatic rings. The molecular weight excluding hydrogens is 380 g/mol. The lowest BCUT2D eigenvalue weighted by Crippen LogP contribution is -2.41. The van der Waals surface area contributed by atoms with E-state index in [1.54, 1.807) is 12.1 Å². The predicted molar refractivity (Wildman–Crippen MR) is 121 cm³/mol. The highest BCUT2D eigenvalue weighted by molar-refractivity contribution is 6.31. The number of rotatable bonds is 7. The largest absolute Gasteiger partial charge is 0.358 e. The molecule has 3 nitrogen and oxygen atoms in total. The standard InChI is InChI=1S/C25H29ClN2O/c1-3-6-19(4-2)27-20-10-12-24-22(15-20)21-14-17(9-11-23(21)28-24)25(29)16-7-5-8-18(26)13-16/h5,7-9,11,13-14,19-20,27-28H,3-4,6,10,12,15H2,1-2H3. The van der Waals surface area contributed by atoms with E-state index >= 15 is 0 Å². The third-order valence-corrected chi connectivity index (χ3v) is 6.37. The molecule has 0 radical (unpaired) electrons. The fourth-order valence-corrected chi connectivity index (χ4v) is 4.77. The first-order valence-corrected chi connectivity index (χ1v) is 11.2. The van der Waals surface area contributed by atoms with E-state index in [1.165, 1.54) is 35.9 Å². The molecule has 2 atom stereocenters. The summed E-state index contributed by atoms with van der Waals surface area (Å²) in [7, 11) is 0. The van der Waals surface area contributed by atoms with Gasteiger partial charge in [0.1, 0.15) is 0 Å². The maximum atomic E-state index is 13.0. The van der Waals surface area contributed by atoms with Crippen LogP contribution in [0.2, 0.25) is 5.02 Å². The van der Waals surface area contributed by atoms with Gasteiger partial charge in [0, 0.05) is 44.8 Å². The van der Waals surface area contributed by atoms with Gasteiger partial charge in [0.2, 0.25) is 0 Å². The molecule has 0 saturated heterocycles. The number of halogens is 1. The summed E-state index contributed by atoms with van der Waals surface area (Å²) in [6.07, 6.45) is 6.85. The van der Waals surface area contributed by atoms with Crippen molar-refractivity contribution < 1.29 is 4.79 Å². The maximum Gasteiger partial charge on any atom is 0.193 e. The SMILES string of the molecule is CCCC(CC)NC1CCc2[nH]c3ccc(C(=O)c4cccc(Cl)c4)cc3c2C1. The normalized spacial score (nSPS) is 17.3. The molecular formula is C25H29ClN2O. The summed E-state index contributed by atoms with van der Waals surface area (Å²) >= 11 is 6.08. The second-order valence-electron chi connectivity index (χ2n) is 8.18. The molecule has 0 amide bonds. The summed E-state index contributed by atoms with van der Waals surface area (Å²) < 4.78 is 0. The lowest BCUT2D eigenvalue weighted by molar-refractivity contribution is 0.103. The van der Waals surface area contributed by atoms with E-state index in [-0.39, 0.29) is 5.78 Å². The van der Waals surface area contributed by atoms with Crippen LogP contribution in [0.25, 0.3) is 10.9 Å². The van der Waals surface area contributed by atoms with E-state index in [9.17, 15) is 4.79 Å². The Hall–Kier alpha value is -2.10. The molecule has 152 valence electrons. The van der Waals surface area contributed by atoms with Gasteiger partial charge in [0.15, 0.2) is 5.78 Å². The topological polar surface area (TPSA) is 44.9 Å². The Morgan fingerprint density at radius 1 is 1.21 bits per heavy atom. The quantitative estimate of drug-likeness (QED) is 0.465. The van der Waals surface area contributed by atoms with Crippen molar-refractivity contribution in [3.05, 3.63) is 69.9 Å². The van der Waals surface area contributed by atoms with Crippen LogP contribution in [0.15, 0.2) is 42.5 Å². The first-order chi connectivity index (χ1) is 14.1. The molecule has 2 aromatic carbocycles. The number of carbonyl (C=O) groups is 1. The lowest BCUT2D eigenvalue weighted by atomic mass is 9.90. The molecule has 4 heteroatoms. The Balaban J connectivity index is 1.61. The van der Waals surface area contributed by atoms with Crippen LogP contribution in [0.5, 0.6) is 0 Å². The van der Waals surface area contributed by atoms with Gasteiger partial charge in [-0.1, -0.05) is 44.0 Å². The number of nitrogens with one attached hydrogen (secondary N) is 2. The highest BCUT2D eigenvalue weighted by Crippen LogP contribution is 2.31. The molecule has 0 saturated carbocycles. The fraction of sp³-hybridized carbons (Fsp3) is 0.400. The molecule has 29 heavy (non-hydrogen) atoms. The van der Waals surface area contributed by atoms with Crippen molar-refractivity contribution in [2.24, 2.45) is 0 Å². The first kappa shape index (κ1) is 20.2. The fourth-order valence-electron chi connectivity index (χ4n) is 4.58. The number of aromatic nitrogens is 1. The van der Waals surface area contributed by atoms with Gasteiger partial charge in [-0.15, -0.1) is 0 Å². The number of aryl methyl sites for hydroxylation is 1. The van der Waals surface area contributed by atoms with Gasteiger partial charge in [-0.2, -0.15) is 0 Å². The smallest absolute Gasteiger partial charge is 0.193 e. The predicted octanol–water partition coefficient (Wildman–Crippen LogP) is 6.08. The summed E-state index contributed by atoms with van der Waals surface area (Å²) in [5.74, 6) is 0.0174. The summed E-state index contributed by atoms with van der Waals surface area (Å²) in [5.41, 5.74) is 5.17. The van der Waals surface area contributed by atoms with Gasteiger partial charge >= 0.3 is 0 Å². The van der Waals surface area contributed by atoms with E-state index in [1.807, 2.05) is 24.3 Å². The van der Waals surface area contributed by atoms with E-state index in [4.69, 9.17) is 11.6 Å². The molecule has 1 aromatic heterocycles. The van der Waals surface area contributed by atoms with Crippen LogP contribution in [0, 0.1) is 0 Å². The zero-order valence-electron chi connectivity index (χ0n) is 17.2. The van der Waals surface area contributed by atoms with Crippen molar-refractivity contribution in [3.8, 4) is 0 Å². The number of hydrogen-bond donors (Lipinski definition) is 2. The highest BCUT2D eigenvalue weighted by atomic mass is 35.5. The molecule has 0 spiro atoms. The molecule has 1 heterocycles. The van der Waals surface area contributed by atoms with E-state index in [0.717, 1.165) is 24.8 Å². The minimum atomic E-state index is 0.0174. The van der Waals surface area contributed by atoms with Crippen LogP contribution < -0.4 is 5.32 Å². The number of ketones is 1. The number of H-pyrrole nitrogens is 1. The molecule has 0 fully saturated rings. The Morgan fingerprint density at radius 3 is 2.79 bits per heavy atom. The third-order valence-electron chi connectivity index (χ3n) is 6.14. The van der Waals surface area contributed by atoms with Gasteiger partial charge in [-0.3, -0.25) is 4.79 Å². The average molecular weight is 409 g/mol. The van der Waals surface area contributed by atoms with Gasteiger partial charge < -0.3 is 10.3 Å². The first-order valence-electron chi connectivity index (χ1n) is 10.8. The Bertz CT molecular complexity index is 1020. The van der Waals surface area contributed by atoms with Crippen molar-refractivity contribution in [1.29, 1.82) is 0 Å². The van der Waals surface area contributed by atoms with E-state index in [0.29, 0.717) is 28.2 Å². The Kier molecular flexibility index (Phi) is 6.07. The van der Waals surface area contributed by atoms with Crippen LogP contribution >= 0.6 is 11.6 Å². The van der Waals surface area contributed by atoms with Crippen LogP contribution in [0.3, 0.4) is 0 Å². The van der Waals surface area contributed by atoms with Crippen molar-refractivity contribution in [2.75, 3.05) is 0 Å². The van der Waals surface area contributed by atoms with Crippen LogP contribution in [-0.4, -0.2) is 22.9 Å². The molecule has 1 aliphatic rings. The minimum absolute atomic E-state index is 0.0174. The summed E-state index contributed by atoms with van der Waals surface area (Å²) in [5, 5.41) is 5.64. The third kappa shape index (κ3) is 4.26. The van der Waals surface area contributed by atoms with Crippen LogP contribution in [-0.2, 0) is 12.8 Å². The summed E-state index contributed by atoms with van der Waals surface area (Å²) in [4.78, 5) is 16.6. The van der Waals surface area contributed by atoms with Crippen LogP contribution in [0.1, 0.15) is 66.7 Å². The molecule has 1 aliphatic carbocycles. The summed E-state index contributed by atoms with van der Waals surface area (Å²) in [6.45, 7) is 4.52. The van der Waals surface area contributed by atoms with Crippen molar-refractivity contribution >= 4 is 28.3 Å². The van der Waals surface area contributed by atoms with Crippen LogP contribution in [0.4, 0.5) is 0 Å². The molecule has 2 N–H and O–H groups in total. The lowest BCUT2D eigenvalue weighted by Gasteiger charge is -2.28. The number of hydrogen-bond acceptors (Lipinski definition) is 2. The minimum Gasteiger partial charge on any atom is -0.358 e. The number of aromatic amines is 1. The monoisotopic (exact) mass is 408 g/mol. The molecule has 4 rings (SSSR count). The Morgan fingerprint density at radius 2 is 2.03 bits per heavy atom. The second kappa shape index (κ2) is 8.73. The van der Waals surface area contributed by atoms with Crippen molar-refractivity contribution in [3.63, 3.8) is 0 Å². The van der Waals surface area contributed by atoms with Gasteiger partial charge in [-0.05, 0) is 68.0 Å². The number of carbonyl (C=O) groups excluding carboxylic acids is 1. The number of fused-ring (bicyclic) bond motifs is 3. The van der Waals surface area contributed by atoms with Crippen molar-refractivity contribution in [1.82, 2.24) is 10.3 Å². The Labute approximate surface area is 177 Å². The molecule has 0 aliphatic heterocycles. The highest BCUT2D eigenvalue weighted by Gasteiger charge is 2.24. The zero-order chi connectivity index (χ0) is 20.4. The second-order valence-corrected chi connectivity index (χ2v) is 8.62. The number of benzene rings is 2. The van der Waals surface area contributed by atoms with E-state index in [2.05, 4.69) is 30.2 Å². The van der Waals surface area contributed by atoms with Gasteiger partial charge in [-0.25, -0.2) is 0 Å². The molecule has 0 bridgehead atoms. The van der Waals surface area contributed by atoms with Gasteiger partial charge in [0.05, 0.1) is 0 Å². The van der Waals surface area contributed by atoms with E-state index < -0.39 is 0 Å². The average Bonchev–Trinajstić information content (AvgIpc) is 3.10. The summed E-state index contributed by atoms with van der Waals surface area (Å²) in [6, 6.07) is 14.3. The maximum absolute atomic E-state index is 13.0. The van der Waals surface area contributed by atoms with Crippen molar-refractivity contribution in [2.45, 2.75) is 64.5 Å². The molecule has 2 unspecified atom stereocenters. The zero-order valence-corrected chi connectivity index (χ0v) is 18.0. The van der Waals surface area contributed by atoms with Gasteiger partial charge in [0.25, 0.3) is 0 Å².